The highest BCUT2D eigenvalue weighted by Gasteiger charge is 2.20. The predicted molar refractivity (Wildman–Crippen MR) is 84.2 cm³/mol. The van der Waals surface area contributed by atoms with Crippen molar-refractivity contribution in [1.82, 2.24) is 5.16 Å². The molecule has 0 spiro atoms. The van der Waals surface area contributed by atoms with Crippen LogP contribution in [0.15, 0.2) is 51.5 Å². The highest BCUT2D eigenvalue weighted by atomic mass is 79.9. The van der Waals surface area contributed by atoms with E-state index in [9.17, 15) is 4.39 Å². The molecule has 2 aromatic carbocycles. The monoisotopic (exact) mass is 346 g/mol. The summed E-state index contributed by atoms with van der Waals surface area (Å²) in [4.78, 5) is 0. The van der Waals surface area contributed by atoms with E-state index in [1.54, 1.807) is 6.07 Å². The van der Waals surface area contributed by atoms with Crippen LogP contribution in [0.5, 0.6) is 0 Å². The standard InChI is InChI=1S/C16H12BrFN2O/c1-9-2-7-12(13(18)8-9)15-14(16(19)20-21-15)10-3-5-11(17)6-4-10/h2-8H,1H3,(H2,19,20). The van der Waals surface area contributed by atoms with Gasteiger partial charge in [-0.2, -0.15) is 0 Å². The highest BCUT2D eigenvalue weighted by molar-refractivity contribution is 9.10. The molecule has 2 N–H and O–H groups in total. The molecule has 0 atom stereocenters. The van der Waals surface area contributed by atoms with Gasteiger partial charge in [0.1, 0.15) is 5.82 Å². The molecule has 0 aliphatic carbocycles. The first-order chi connectivity index (χ1) is 10.1. The number of rotatable bonds is 2. The molecule has 1 aromatic heterocycles. The quantitative estimate of drug-likeness (QED) is 0.724. The fourth-order valence-corrected chi connectivity index (χ4v) is 2.45. The number of anilines is 1. The first kappa shape index (κ1) is 13.8. The molecule has 0 saturated carbocycles. The average molecular weight is 347 g/mol. The molecule has 0 aliphatic rings. The van der Waals surface area contributed by atoms with Gasteiger partial charge < -0.3 is 10.3 Å². The summed E-state index contributed by atoms with van der Waals surface area (Å²) in [5, 5.41) is 3.78. The van der Waals surface area contributed by atoms with Crippen LogP contribution >= 0.6 is 15.9 Å². The molecule has 5 heteroatoms. The van der Waals surface area contributed by atoms with E-state index in [0.29, 0.717) is 16.9 Å². The van der Waals surface area contributed by atoms with Crippen LogP contribution in [0.1, 0.15) is 5.56 Å². The van der Waals surface area contributed by atoms with Crippen LogP contribution in [0.3, 0.4) is 0 Å². The number of nitrogen functional groups attached to an aromatic ring is 1. The summed E-state index contributed by atoms with van der Waals surface area (Å²) in [5.74, 6) is 0.226. The van der Waals surface area contributed by atoms with Gasteiger partial charge in [0.25, 0.3) is 0 Å². The third-order valence-corrected chi connectivity index (χ3v) is 3.75. The predicted octanol–water partition coefficient (Wildman–Crippen LogP) is 4.80. The molecule has 0 fully saturated rings. The van der Waals surface area contributed by atoms with Gasteiger partial charge >= 0.3 is 0 Å². The minimum Gasteiger partial charge on any atom is -0.380 e. The van der Waals surface area contributed by atoms with Crippen molar-refractivity contribution >= 4 is 21.7 Å². The van der Waals surface area contributed by atoms with Gasteiger partial charge in [0.2, 0.25) is 0 Å². The van der Waals surface area contributed by atoms with Crippen molar-refractivity contribution in [2.24, 2.45) is 0 Å². The number of hydrogen-bond donors (Lipinski definition) is 1. The van der Waals surface area contributed by atoms with E-state index in [-0.39, 0.29) is 11.6 Å². The van der Waals surface area contributed by atoms with Crippen LogP contribution < -0.4 is 5.73 Å². The van der Waals surface area contributed by atoms with E-state index in [1.807, 2.05) is 37.3 Å². The Hall–Kier alpha value is -2.14. The van der Waals surface area contributed by atoms with Gasteiger partial charge in [-0.05, 0) is 42.3 Å². The van der Waals surface area contributed by atoms with Crippen molar-refractivity contribution in [3.8, 4) is 22.5 Å². The zero-order valence-electron chi connectivity index (χ0n) is 11.2. The fourth-order valence-electron chi connectivity index (χ4n) is 2.19. The molecule has 0 bridgehead atoms. The van der Waals surface area contributed by atoms with E-state index in [0.717, 1.165) is 15.6 Å². The van der Waals surface area contributed by atoms with Gasteiger partial charge in [-0.25, -0.2) is 4.39 Å². The highest BCUT2D eigenvalue weighted by Crippen LogP contribution is 2.38. The maximum atomic E-state index is 14.2. The first-order valence-corrected chi connectivity index (χ1v) is 7.13. The van der Waals surface area contributed by atoms with Crippen molar-refractivity contribution in [2.45, 2.75) is 6.92 Å². The molecule has 3 rings (SSSR count). The number of aryl methyl sites for hydroxylation is 1. The third kappa shape index (κ3) is 2.56. The van der Waals surface area contributed by atoms with Crippen molar-refractivity contribution in [1.29, 1.82) is 0 Å². The number of benzene rings is 2. The molecule has 0 radical (unpaired) electrons. The normalized spacial score (nSPS) is 10.8. The Kier molecular flexibility index (Phi) is 3.51. The van der Waals surface area contributed by atoms with Gasteiger partial charge in [0.15, 0.2) is 11.6 Å². The van der Waals surface area contributed by atoms with Gasteiger partial charge in [-0.1, -0.05) is 39.3 Å². The van der Waals surface area contributed by atoms with Crippen molar-refractivity contribution < 1.29 is 8.91 Å². The lowest BCUT2D eigenvalue weighted by Gasteiger charge is -2.05. The summed E-state index contributed by atoms with van der Waals surface area (Å²) >= 11 is 3.38. The van der Waals surface area contributed by atoms with E-state index in [2.05, 4.69) is 21.1 Å². The smallest absolute Gasteiger partial charge is 0.179 e. The largest absolute Gasteiger partial charge is 0.380 e. The SMILES string of the molecule is Cc1ccc(-c2onc(N)c2-c2ccc(Br)cc2)c(F)c1. The third-order valence-electron chi connectivity index (χ3n) is 3.22. The lowest BCUT2D eigenvalue weighted by atomic mass is 10.0. The molecule has 0 unspecified atom stereocenters. The maximum absolute atomic E-state index is 14.2. The van der Waals surface area contributed by atoms with Crippen molar-refractivity contribution in [3.63, 3.8) is 0 Å². The minimum absolute atomic E-state index is 0.243. The van der Waals surface area contributed by atoms with Gasteiger partial charge in [-0.3, -0.25) is 0 Å². The molecule has 0 saturated heterocycles. The molecular weight excluding hydrogens is 335 g/mol. The molecule has 0 aliphatic heterocycles. The molecule has 1 heterocycles. The van der Waals surface area contributed by atoms with Crippen LogP contribution in [-0.4, -0.2) is 5.16 Å². The molecule has 3 nitrogen and oxygen atoms in total. The Morgan fingerprint density at radius 2 is 1.86 bits per heavy atom. The van der Waals surface area contributed by atoms with E-state index < -0.39 is 0 Å². The minimum atomic E-state index is -0.357. The van der Waals surface area contributed by atoms with E-state index in [4.69, 9.17) is 10.3 Å². The lowest BCUT2D eigenvalue weighted by Crippen LogP contribution is -1.90. The number of aromatic nitrogens is 1. The summed E-state index contributed by atoms with van der Waals surface area (Å²) in [6.45, 7) is 1.83. The summed E-state index contributed by atoms with van der Waals surface area (Å²) in [7, 11) is 0. The van der Waals surface area contributed by atoms with Crippen molar-refractivity contribution in [3.05, 3.63) is 58.3 Å². The second kappa shape index (κ2) is 5.33. The molecule has 106 valence electrons. The zero-order valence-corrected chi connectivity index (χ0v) is 12.8. The Bertz CT molecular complexity index is 797. The van der Waals surface area contributed by atoms with Gasteiger partial charge in [-0.15, -0.1) is 0 Å². The van der Waals surface area contributed by atoms with E-state index in [1.165, 1.54) is 6.07 Å². The first-order valence-electron chi connectivity index (χ1n) is 6.34. The summed E-state index contributed by atoms with van der Waals surface area (Å²) in [6, 6.07) is 12.5. The van der Waals surface area contributed by atoms with Crippen LogP contribution in [0.4, 0.5) is 10.2 Å². The lowest BCUT2D eigenvalue weighted by molar-refractivity contribution is 0.433. The number of hydrogen-bond acceptors (Lipinski definition) is 3. The van der Waals surface area contributed by atoms with Crippen LogP contribution in [0.2, 0.25) is 0 Å². The second-order valence-corrected chi connectivity index (χ2v) is 5.68. The van der Waals surface area contributed by atoms with Gasteiger partial charge in [0, 0.05) is 4.47 Å². The Morgan fingerprint density at radius 3 is 2.52 bits per heavy atom. The topological polar surface area (TPSA) is 52.0 Å². The number of nitrogens with two attached hydrogens (primary N) is 1. The number of nitrogens with zero attached hydrogens (tertiary/aromatic N) is 1. The zero-order chi connectivity index (χ0) is 15.0. The molecule has 3 aromatic rings. The molecular formula is C16H12BrFN2O. The van der Waals surface area contributed by atoms with Crippen LogP contribution in [-0.2, 0) is 0 Å². The molecule has 21 heavy (non-hydrogen) atoms. The Balaban J connectivity index is 2.19. The van der Waals surface area contributed by atoms with Crippen molar-refractivity contribution in [2.75, 3.05) is 5.73 Å². The maximum Gasteiger partial charge on any atom is 0.179 e. The average Bonchev–Trinajstić information content (AvgIpc) is 2.82. The van der Waals surface area contributed by atoms with Crippen LogP contribution in [0.25, 0.3) is 22.5 Å². The summed E-state index contributed by atoms with van der Waals surface area (Å²) in [6.07, 6.45) is 0. The number of halogens is 2. The van der Waals surface area contributed by atoms with Gasteiger partial charge in [0.05, 0.1) is 11.1 Å². The Morgan fingerprint density at radius 1 is 1.14 bits per heavy atom. The summed E-state index contributed by atoms with van der Waals surface area (Å²) in [5.41, 5.74) is 8.51. The second-order valence-electron chi connectivity index (χ2n) is 4.76. The summed E-state index contributed by atoms with van der Waals surface area (Å²) < 4.78 is 20.4. The Labute approximate surface area is 129 Å². The van der Waals surface area contributed by atoms with Crippen LogP contribution in [0, 0.1) is 12.7 Å². The molecule has 0 amide bonds. The fraction of sp³-hybridized carbons (Fsp3) is 0.0625. The van der Waals surface area contributed by atoms with E-state index >= 15 is 0 Å².